The molecule has 0 saturated heterocycles. The Bertz CT molecular complexity index is 1080. The Labute approximate surface area is 198 Å². The van der Waals surface area contributed by atoms with Crippen molar-refractivity contribution in [1.82, 2.24) is 10.6 Å². The minimum absolute atomic E-state index is 0.00345. The lowest BCUT2D eigenvalue weighted by Crippen LogP contribution is -2.51. The first-order valence-electron chi connectivity index (χ1n) is 12.0. The van der Waals surface area contributed by atoms with Gasteiger partial charge in [-0.1, -0.05) is 48.5 Å². The van der Waals surface area contributed by atoms with Crippen LogP contribution >= 0.6 is 0 Å². The van der Waals surface area contributed by atoms with E-state index in [0.717, 1.165) is 24.0 Å². The van der Waals surface area contributed by atoms with E-state index in [4.69, 9.17) is 9.84 Å². The van der Waals surface area contributed by atoms with Crippen LogP contribution in [0.25, 0.3) is 11.1 Å². The first-order chi connectivity index (χ1) is 16.4. The van der Waals surface area contributed by atoms with E-state index in [1.165, 1.54) is 11.1 Å². The molecule has 0 aliphatic heterocycles. The molecule has 2 aromatic rings. The molecule has 0 aromatic heterocycles. The molecule has 3 N–H and O–H groups in total. The van der Waals surface area contributed by atoms with Crippen LogP contribution in [0.3, 0.4) is 0 Å². The number of carbonyl (C=O) groups excluding carboxylic acids is 2. The molecule has 2 aromatic carbocycles. The highest BCUT2D eigenvalue weighted by atomic mass is 16.5. The molecule has 7 nitrogen and oxygen atoms in total. The van der Waals surface area contributed by atoms with Gasteiger partial charge < -0.3 is 20.5 Å². The molecule has 0 radical (unpaired) electrons. The van der Waals surface area contributed by atoms with Gasteiger partial charge in [0.2, 0.25) is 5.91 Å². The fraction of sp³-hybridized carbons (Fsp3) is 0.444. The number of hydrogen-bond acceptors (Lipinski definition) is 4. The van der Waals surface area contributed by atoms with Gasteiger partial charge in [-0.2, -0.15) is 0 Å². The minimum Gasteiger partial charge on any atom is -0.481 e. The molecule has 0 bridgehead atoms. The van der Waals surface area contributed by atoms with Crippen LogP contribution in [0, 0.1) is 17.8 Å². The Balaban J connectivity index is 1.18. The van der Waals surface area contributed by atoms with E-state index in [9.17, 15) is 14.4 Å². The largest absolute Gasteiger partial charge is 0.481 e. The van der Waals surface area contributed by atoms with Gasteiger partial charge in [-0.05, 0) is 60.3 Å². The highest BCUT2D eigenvalue weighted by Gasteiger charge is 2.46. The average Bonchev–Trinajstić information content (AvgIpc) is 3.72. The minimum atomic E-state index is -0.806. The monoisotopic (exact) mass is 462 g/mol. The lowest BCUT2D eigenvalue weighted by Gasteiger charge is -2.30. The lowest BCUT2D eigenvalue weighted by molar-refractivity contribution is -0.139. The first kappa shape index (κ1) is 22.4. The smallest absolute Gasteiger partial charge is 0.407 e. The molecule has 2 saturated carbocycles. The van der Waals surface area contributed by atoms with Crippen molar-refractivity contribution >= 4 is 18.0 Å². The fourth-order valence-corrected chi connectivity index (χ4v) is 5.30. The lowest BCUT2D eigenvalue weighted by atomic mass is 9.91. The second-order valence-electron chi connectivity index (χ2n) is 10.1. The third-order valence-electron chi connectivity index (χ3n) is 7.54. The van der Waals surface area contributed by atoms with Gasteiger partial charge in [0, 0.05) is 18.9 Å². The molecular weight excluding hydrogens is 432 g/mol. The number of aliphatic carboxylic acids is 1. The number of nitrogens with one attached hydrogen (secondary N) is 2. The summed E-state index contributed by atoms with van der Waals surface area (Å²) in [4.78, 5) is 36.4. The third kappa shape index (κ3) is 4.52. The van der Waals surface area contributed by atoms with E-state index >= 15 is 0 Å². The molecule has 34 heavy (non-hydrogen) atoms. The van der Waals surface area contributed by atoms with Gasteiger partial charge in [0.25, 0.3) is 0 Å². The van der Waals surface area contributed by atoms with Crippen LogP contribution in [-0.4, -0.2) is 41.8 Å². The summed E-state index contributed by atoms with van der Waals surface area (Å²) in [6, 6.07) is 16.4. The Morgan fingerprint density at radius 3 is 2.21 bits per heavy atom. The molecule has 1 unspecified atom stereocenters. The molecule has 3 atom stereocenters. The summed E-state index contributed by atoms with van der Waals surface area (Å²) in [5, 5.41) is 14.8. The highest BCUT2D eigenvalue weighted by molar-refractivity contribution is 5.80. The average molecular weight is 463 g/mol. The Kier molecular flexibility index (Phi) is 5.80. The van der Waals surface area contributed by atoms with E-state index in [0.29, 0.717) is 13.0 Å². The Morgan fingerprint density at radius 2 is 1.65 bits per heavy atom. The van der Waals surface area contributed by atoms with Gasteiger partial charge in [-0.25, -0.2) is 4.79 Å². The van der Waals surface area contributed by atoms with Gasteiger partial charge in [0.05, 0.1) is 11.5 Å². The van der Waals surface area contributed by atoms with Crippen molar-refractivity contribution < 1.29 is 24.2 Å². The van der Waals surface area contributed by atoms with Crippen LogP contribution in [0.4, 0.5) is 4.79 Å². The van der Waals surface area contributed by atoms with Gasteiger partial charge in [0.1, 0.15) is 6.61 Å². The van der Waals surface area contributed by atoms with E-state index in [1.54, 1.807) is 0 Å². The number of alkyl carbamates (subject to hydrolysis) is 1. The summed E-state index contributed by atoms with van der Waals surface area (Å²) in [5.41, 5.74) is 3.96. The summed E-state index contributed by atoms with van der Waals surface area (Å²) in [6.07, 6.45) is 2.14. The standard InChI is InChI=1S/C27H30N2O5/c1-27(17-10-11-17,13-24(30)28-14-16-12-22(16)25(31)32)29-26(33)34-15-23-20-8-4-2-6-18(20)19-7-3-5-9-21(19)23/h2-9,16-17,22-23H,10-15H2,1H3,(H,28,30)(H,29,33)(H,31,32)/t16-,22-,27?/m1/s1. The van der Waals surface area contributed by atoms with Crippen LogP contribution in [0.5, 0.6) is 0 Å². The second kappa shape index (κ2) is 8.78. The van der Waals surface area contributed by atoms with Gasteiger partial charge in [0.15, 0.2) is 0 Å². The van der Waals surface area contributed by atoms with Crippen molar-refractivity contribution in [3.63, 3.8) is 0 Å². The van der Waals surface area contributed by atoms with Crippen LogP contribution in [0.2, 0.25) is 0 Å². The summed E-state index contributed by atoms with van der Waals surface area (Å²) in [6.45, 7) is 2.48. The number of carboxylic acids is 1. The molecule has 3 aliphatic rings. The molecule has 3 aliphatic carbocycles. The van der Waals surface area contributed by atoms with Crippen LogP contribution in [0.15, 0.2) is 48.5 Å². The van der Waals surface area contributed by atoms with Crippen molar-refractivity contribution in [2.75, 3.05) is 13.2 Å². The predicted octanol–water partition coefficient (Wildman–Crippen LogP) is 3.92. The maximum atomic E-state index is 12.8. The van der Waals surface area contributed by atoms with E-state index < -0.39 is 17.6 Å². The molecule has 0 spiro atoms. The SMILES string of the molecule is CC(CC(=O)NC[C@H]1C[C@H]1C(=O)O)(NC(=O)OCC1c2ccccc2-c2ccccc21)C1CC1. The molecule has 0 heterocycles. The van der Waals surface area contributed by atoms with E-state index in [1.807, 2.05) is 31.2 Å². The number of ether oxygens (including phenoxy) is 1. The number of carbonyl (C=O) groups is 3. The maximum Gasteiger partial charge on any atom is 0.407 e. The fourth-order valence-electron chi connectivity index (χ4n) is 5.30. The van der Waals surface area contributed by atoms with Gasteiger partial charge in [-0.15, -0.1) is 0 Å². The van der Waals surface area contributed by atoms with E-state index in [2.05, 4.69) is 34.9 Å². The maximum absolute atomic E-state index is 12.8. The van der Waals surface area contributed by atoms with E-state index in [-0.39, 0.29) is 42.6 Å². The molecule has 178 valence electrons. The van der Waals surface area contributed by atoms with Crippen molar-refractivity contribution in [2.45, 2.75) is 44.1 Å². The van der Waals surface area contributed by atoms with Gasteiger partial charge >= 0.3 is 12.1 Å². The zero-order chi connectivity index (χ0) is 23.9. The number of fused-ring (bicyclic) bond motifs is 3. The van der Waals surface area contributed by atoms with Crippen LogP contribution in [0.1, 0.15) is 49.7 Å². The first-order valence-corrected chi connectivity index (χ1v) is 12.0. The molecule has 7 heteroatoms. The van der Waals surface area contributed by atoms with Crippen molar-refractivity contribution in [3.8, 4) is 11.1 Å². The summed E-state index contributed by atoms with van der Waals surface area (Å²) >= 11 is 0. The number of rotatable bonds is 9. The summed E-state index contributed by atoms with van der Waals surface area (Å²) < 4.78 is 5.70. The number of hydrogen-bond donors (Lipinski definition) is 3. The molecular formula is C27H30N2O5. The topological polar surface area (TPSA) is 105 Å². The predicted molar refractivity (Wildman–Crippen MR) is 126 cm³/mol. The third-order valence-corrected chi connectivity index (χ3v) is 7.54. The molecule has 2 amide bonds. The quantitative estimate of drug-likeness (QED) is 0.524. The highest BCUT2D eigenvalue weighted by Crippen LogP contribution is 2.45. The Hall–Kier alpha value is -3.35. The van der Waals surface area contributed by atoms with Crippen molar-refractivity contribution in [1.29, 1.82) is 0 Å². The zero-order valence-corrected chi connectivity index (χ0v) is 19.3. The number of carboxylic acid groups (broad SMARTS) is 1. The number of amides is 2. The van der Waals surface area contributed by atoms with Crippen molar-refractivity contribution in [2.24, 2.45) is 17.8 Å². The summed E-state index contributed by atoms with van der Waals surface area (Å²) in [7, 11) is 0. The second-order valence-corrected chi connectivity index (χ2v) is 10.1. The van der Waals surface area contributed by atoms with Crippen LogP contribution in [-0.2, 0) is 14.3 Å². The number of benzene rings is 2. The molecule has 5 rings (SSSR count). The Morgan fingerprint density at radius 1 is 1.03 bits per heavy atom. The van der Waals surface area contributed by atoms with Gasteiger partial charge in [-0.3, -0.25) is 9.59 Å². The zero-order valence-electron chi connectivity index (χ0n) is 19.3. The normalized spacial score (nSPS) is 22.1. The van der Waals surface area contributed by atoms with Crippen LogP contribution < -0.4 is 10.6 Å². The summed E-state index contributed by atoms with van der Waals surface area (Å²) in [5.74, 6) is -1.12. The molecule has 2 fully saturated rings. The van der Waals surface area contributed by atoms with Crippen molar-refractivity contribution in [3.05, 3.63) is 59.7 Å².